The molecule has 112 valence electrons. The van der Waals surface area contributed by atoms with E-state index in [0.29, 0.717) is 34.5 Å². The molecule has 0 aliphatic carbocycles. The van der Waals surface area contributed by atoms with Crippen molar-refractivity contribution in [3.8, 4) is 11.5 Å². The van der Waals surface area contributed by atoms with E-state index in [9.17, 15) is 4.79 Å². The predicted molar refractivity (Wildman–Crippen MR) is 78.3 cm³/mol. The fourth-order valence-corrected chi connectivity index (χ4v) is 1.88. The highest BCUT2D eigenvalue weighted by atomic mass is 35.5. The summed E-state index contributed by atoms with van der Waals surface area (Å²) in [5.74, 6) is 1.17. The molecular formula is C13H15ClN4O3. The minimum absolute atomic E-state index is 0.0534. The van der Waals surface area contributed by atoms with Gasteiger partial charge in [-0.05, 0) is 0 Å². The van der Waals surface area contributed by atoms with Crippen LogP contribution in [0.15, 0.2) is 12.1 Å². The second kappa shape index (κ2) is 6.45. The van der Waals surface area contributed by atoms with Gasteiger partial charge in [0.05, 0.1) is 24.9 Å². The Morgan fingerprint density at radius 3 is 2.57 bits per heavy atom. The highest BCUT2D eigenvalue weighted by Crippen LogP contribution is 2.36. The Morgan fingerprint density at radius 1 is 1.33 bits per heavy atom. The van der Waals surface area contributed by atoms with Crippen LogP contribution < -0.4 is 14.8 Å². The molecule has 2 rings (SSSR count). The quantitative estimate of drug-likeness (QED) is 0.884. The normalized spacial score (nSPS) is 10.3. The molecule has 0 atom stereocenters. The fourth-order valence-electron chi connectivity index (χ4n) is 1.68. The van der Waals surface area contributed by atoms with E-state index in [0.717, 1.165) is 0 Å². The van der Waals surface area contributed by atoms with E-state index in [-0.39, 0.29) is 5.82 Å². The van der Waals surface area contributed by atoms with E-state index in [1.807, 2.05) is 6.92 Å². The minimum atomic E-state index is -0.458. The molecule has 0 radical (unpaired) electrons. The van der Waals surface area contributed by atoms with Crippen LogP contribution in [0.5, 0.6) is 11.5 Å². The second-order valence-electron chi connectivity index (χ2n) is 4.10. The number of methoxy groups -OCH3 is 2. The van der Waals surface area contributed by atoms with Crippen molar-refractivity contribution in [3.05, 3.63) is 28.8 Å². The number of benzene rings is 1. The van der Waals surface area contributed by atoms with E-state index in [4.69, 9.17) is 21.1 Å². The summed E-state index contributed by atoms with van der Waals surface area (Å²) < 4.78 is 10.3. The third-order valence-corrected chi connectivity index (χ3v) is 3.10. The maximum Gasteiger partial charge on any atom is 0.295 e. The first kappa shape index (κ1) is 15.1. The smallest absolute Gasteiger partial charge is 0.295 e. The van der Waals surface area contributed by atoms with E-state index in [2.05, 4.69) is 20.5 Å². The zero-order valence-electron chi connectivity index (χ0n) is 11.9. The Bertz CT molecular complexity index is 657. The first-order valence-corrected chi connectivity index (χ1v) is 6.61. The Hall–Kier alpha value is -2.28. The molecule has 1 aromatic carbocycles. The van der Waals surface area contributed by atoms with Gasteiger partial charge in [0.2, 0.25) is 5.82 Å². The van der Waals surface area contributed by atoms with Crippen LogP contribution in [0, 0.1) is 0 Å². The third-order valence-electron chi connectivity index (χ3n) is 2.79. The van der Waals surface area contributed by atoms with Gasteiger partial charge < -0.3 is 14.8 Å². The predicted octanol–water partition coefficient (Wildman–Crippen LogP) is 2.29. The van der Waals surface area contributed by atoms with Gasteiger partial charge >= 0.3 is 0 Å². The van der Waals surface area contributed by atoms with Gasteiger partial charge in [0.15, 0.2) is 11.5 Å². The molecule has 1 amide bonds. The van der Waals surface area contributed by atoms with Gasteiger partial charge in [-0.25, -0.2) is 4.98 Å². The summed E-state index contributed by atoms with van der Waals surface area (Å²) in [6.07, 6.45) is 0.664. The number of nitrogens with zero attached hydrogens (tertiary/aromatic N) is 2. The molecule has 7 nitrogen and oxygen atoms in total. The summed E-state index contributed by atoms with van der Waals surface area (Å²) in [6, 6.07) is 3.14. The fraction of sp³-hybridized carbons (Fsp3) is 0.308. The molecule has 0 saturated heterocycles. The number of aromatic nitrogens is 3. The SMILES string of the molecule is CCc1nc(C(=O)Nc2cc(OC)c(OC)cc2Cl)n[nH]1. The second-order valence-corrected chi connectivity index (χ2v) is 4.51. The molecule has 0 spiro atoms. The maximum atomic E-state index is 12.1. The van der Waals surface area contributed by atoms with Crippen LogP contribution in [-0.2, 0) is 6.42 Å². The molecule has 0 bridgehead atoms. The Morgan fingerprint density at radius 2 is 2.00 bits per heavy atom. The lowest BCUT2D eigenvalue weighted by molar-refractivity contribution is 0.101. The first-order chi connectivity index (χ1) is 10.1. The van der Waals surface area contributed by atoms with Crippen molar-refractivity contribution in [2.45, 2.75) is 13.3 Å². The third kappa shape index (κ3) is 3.25. The Kier molecular flexibility index (Phi) is 4.64. The van der Waals surface area contributed by atoms with Gasteiger partial charge in [-0.15, -0.1) is 5.10 Å². The number of amides is 1. The summed E-state index contributed by atoms with van der Waals surface area (Å²) in [7, 11) is 3.01. The van der Waals surface area contributed by atoms with Crippen LogP contribution in [0.1, 0.15) is 23.4 Å². The standard InChI is InChI=1S/C13H15ClN4O3/c1-4-11-16-12(18-17-11)13(19)15-8-6-10(21-3)9(20-2)5-7(8)14/h5-6H,4H2,1-3H3,(H,15,19)(H,16,17,18). The van der Waals surface area contributed by atoms with Crippen LogP contribution >= 0.6 is 11.6 Å². The Labute approximate surface area is 126 Å². The lowest BCUT2D eigenvalue weighted by atomic mass is 10.2. The molecule has 0 unspecified atom stereocenters. The number of nitrogens with one attached hydrogen (secondary N) is 2. The van der Waals surface area contributed by atoms with E-state index < -0.39 is 5.91 Å². The number of hydrogen-bond donors (Lipinski definition) is 2. The number of aryl methyl sites for hydroxylation is 1. The van der Waals surface area contributed by atoms with Crippen LogP contribution in [0.25, 0.3) is 0 Å². The number of carbonyl (C=O) groups excluding carboxylic acids is 1. The van der Waals surface area contributed by atoms with Crippen LogP contribution in [0.2, 0.25) is 5.02 Å². The largest absolute Gasteiger partial charge is 0.493 e. The number of anilines is 1. The lowest BCUT2D eigenvalue weighted by Crippen LogP contribution is -2.14. The molecule has 1 heterocycles. The summed E-state index contributed by atoms with van der Waals surface area (Å²) in [5, 5.41) is 9.48. The molecule has 0 saturated carbocycles. The van der Waals surface area contributed by atoms with Gasteiger partial charge in [-0.3, -0.25) is 9.89 Å². The summed E-state index contributed by atoms with van der Waals surface area (Å²) in [6.45, 7) is 1.91. The monoisotopic (exact) mass is 310 g/mol. The summed E-state index contributed by atoms with van der Waals surface area (Å²) >= 11 is 6.10. The molecule has 0 fully saturated rings. The average Bonchev–Trinajstić information content (AvgIpc) is 2.97. The average molecular weight is 311 g/mol. The highest BCUT2D eigenvalue weighted by molar-refractivity contribution is 6.34. The number of aromatic amines is 1. The number of rotatable bonds is 5. The molecular weight excluding hydrogens is 296 g/mol. The van der Waals surface area contributed by atoms with Gasteiger partial charge in [-0.1, -0.05) is 18.5 Å². The maximum absolute atomic E-state index is 12.1. The van der Waals surface area contributed by atoms with Crippen molar-refractivity contribution in [1.29, 1.82) is 0 Å². The van der Waals surface area contributed by atoms with Crippen molar-refractivity contribution in [1.82, 2.24) is 15.2 Å². The number of carbonyl (C=O) groups is 1. The van der Waals surface area contributed by atoms with E-state index >= 15 is 0 Å². The number of hydrogen-bond acceptors (Lipinski definition) is 5. The van der Waals surface area contributed by atoms with Crippen molar-refractivity contribution in [2.24, 2.45) is 0 Å². The van der Waals surface area contributed by atoms with E-state index in [1.165, 1.54) is 14.2 Å². The first-order valence-electron chi connectivity index (χ1n) is 6.23. The number of halogens is 1. The molecule has 21 heavy (non-hydrogen) atoms. The van der Waals surface area contributed by atoms with Crippen LogP contribution in [0.4, 0.5) is 5.69 Å². The van der Waals surface area contributed by atoms with Crippen molar-refractivity contribution < 1.29 is 14.3 Å². The zero-order chi connectivity index (χ0) is 15.4. The van der Waals surface area contributed by atoms with Gasteiger partial charge in [0, 0.05) is 18.6 Å². The van der Waals surface area contributed by atoms with Crippen molar-refractivity contribution >= 4 is 23.2 Å². The lowest BCUT2D eigenvalue weighted by Gasteiger charge is -2.11. The molecule has 0 aliphatic heterocycles. The minimum Gasteiger partial charge on any atom is -0.493 e. The molecule has 0 aliphatic rings. The van der Waals surface area contributed by atoms with Crippen LogP contribution in [-0.4, -0.2) is 35.3 Å². The summed E-state index contributed by atoms with van der Waals surface area (Å²) in [4.78, 5) is 16.1. The topological polar surface area (TPSA) is 89.1 Å². The number of ether oxygens (including phenoxy) is 2. The van der Waals surface area contributed by atoms with Crippen molar-refractivity contribution in [3.63, 3.8) is 0 Å². The molecule has 1 aromatic heterocycles. The van der Waals surface area contributed by atoms with Crippen molar-refractivity contribution in [2.75, 3.05) is 19.5 Å². The van der Waals surface area contributed by atoms with E-state index in [1.54, 1.807) is 12.1 Å². The zero-order valence-corrected chi connectivity index (χ0v) is 12.6. The molecule has 2 aromatic rings. The molecule has 2 N–H and O–H groups in total. The highest BCUT2D eigenvalue weighted by Gasteiger charge is 2.16. The van der Waals surface area contributed by atoms with Gasteiger partial charge in [0.1, 0.15) is 5.82 Å². The van der Waals surface area contributed by atoms with Crippen LogP contribution in [0.3, 0.4) is 0 Å². The molecule has 8 heteroatoms. The number of H-pyrrole nitrogens is 1. The van der Waals surface area contributed by atoms with Gasteiger partial charge in [0.25, 0.3) is 5.91 Å². The summed E-state index contributed by atoms with van der Waals surface area (Å²) in [5.41, 5.74) is 0.391. The Balaban J connectivity index is 2.24. The van der Waals surface area contributed by atoms with Gasteiger partial charge in [-0.2, -0.15) is 0 Å².